The van der Waals surface area contributed by atoms with Crippen LogP contribution in [-0.2, 0) is 15.1 Å². The molecule has 2 unspecified atom stereocenters. The number of nitrogens with one attached hydrogen (secondary N) is 2. The zero-order chi connectivity index (χ0) is 39.4. The van der Waals surface area contributed by atoms with Crippen LogP contribution in [0.15, 0.2) is 58.6 Å². The summed E-state index contributed by atoms with van der Waals surface area (Å²) in [4.78, 5) is 37.9. The van der Waals surface area contributed by atoms with Gasteiger partial charge >= 0.3 is 18.9 Å². The monoisotopic (exact) mass is 788 g/mol. The van der Waals surface area contributed by atoms with Crippen molar-refractivity contribution < 1.29 is 44.7 Å². The second-order valence-corrected chi connectivity index (χ2v) is 14.2. The average Bonchev–Trinajstić information content (AvgIpc) is 3.49. The number of carbonyl (C=O) groups excluding carboxylic acids is 2. The minimum atomic E-state index is -4.90. The van der Waals surface area contributed by atoms with Crippen molar-refractivity contribution in [1.29, 1.82) is 0 Å². The SMILES string of the molecule is CC(C)(CC1(c2ccc(-c3cnn(C4CC4)n3)cc2)N=C(N)N([C@H](CNC(=O)CC(F)(F)F)c2ccc(Cl)c(C3N=CNN3C(F)F)c2)C1=O)C(F)(F)F. The van der Waals surface area contributed by atoms with E-state index >= 15 is 0 Å². The number of carbonyl (C=O) groups is 2. The molecular weight excluding hydrogens is 756 g/mol. The molecule has 3 heterocycles. The number of rotatable bonds is 12. The summed E-state index contributed by atoms with van der Waals surface area (Å²) in [6.07, 6.45) is -9.64. The van der Waals surface area contributed by atoms with Gasteiger partial charge in [0.25, 0.3) is 5.91 Å². The van der Waals surface area contributed by atoms with Gasteiger partial charge in [-0.2, -0.15) is 50.1 Å². The lowest BCUT2D eigenvalue weighted by molar-refractivity contribution is -0.218. The number of nitrogens with zero attached hydrogens (tertiary/aromatic N) is 7. The van der Waals surface area contributed by atoms with Crippen molar-refractivity contribution in [1.82, 2.24) is 35.6 Å². The minimum absolute atomic E-state index is 0.00389. The van der Waals surface area contributed by atoms with Crippen LogP contribution < -0.4 is 16.5 Å². The third-order valence-corrected chi connectivity index (χ3v) is 9.72. The summed E-state index contributed by atoms with van der Waals surface area (Å²) >= 11 is 6.37. The topological polar surface area (TPSA) is 146 Å². The van der Waals surface area contributed by atoms with Crippen molar-refractivity contribution >= 4 is 35.7 Å². The second-order valence-electron chi connectivity index (χ2n) is 13.8. The number of alkyl halides is 8. The summed E-state index contributed by atoms with van der Waals surface area (Å²) in [6.45, 7) is -2.07. The van der Waals surface area contributed by atoms with Crippen LogP contribution in [-0.4, -0.2) is 74.5 Å². The maximum atomic E-state index is 14.8. The van der Waals surface area contributed by atoms with Crippen molar-refractivity contribution in [2.75, 3.05) is 6.54 Å². The molecule has 3 atom stereocenters. The van der Waals surface area contributed by atoms with Crippen molar-refractivity contribution in [2.24, 2.45) is 21.1 Å². The number of amides is 2. The lowest BCUT2D eigenvalue weighted by atomic mass is 9.74. The molecule has 12 nitrogen and oxygen atoms in total. The van der Waals surface area contributed by atoms with Gasteiger partial charge in [-0.25, -0.2) is 9.98 Å². The van der Waals surface area contributed by atoms with E-state index in [0.29, 0.717) is 16.3 Å². The van der Waals surface area contributed by atoms with Gasteiger partial charge in [0.2, 0.25) is 5.91 Å². The normalized spacial score (nSPS) is 21.5. The number of nitrogens with two attached hydrogens (primary N) is 1. The van der Waals surface area contributed by atoms with Gasteiger partial charge in [0.05, 0.1) is 30.0 Å². The largest absolute Gasteiger partial charge is 0.397 e. The first kappa shape index (κ1) is 38.9. The van der Waals surface area contributed by atoms with Crippen LogP contribution in [0.25, 0.3) is 11.3 Å². The van der Waals surface area contributed by atoms with Gasteiger partial charge < -0.3 is 16.5 Å². The molecule has 0 bridgehead atoms. The van der Waals surface area contributed by atoms with E-state index in [9.17, 15) is 44.7 Å². The maximum absolute atomic E-state index is 14.8. The van der Waals surface area contributed by atoms with E-state index in [2.05, 4.69) is 30.9 Å². The Balaban J connectivity index is 1.42. The Morgan fingerprint density at radius 1 is 1.09 bits per heavy atom. The highest BCUT2D eigenvalue weighted by Gasteiger charge is 2.59. The average molecular weight is 789 g/mol. The number of hydrogen-bond donors (Lipinski definition) is 3. The molecule has 54 heavy (non-hydrogen) atoms. The Morgan fingerprint density at radius 2 is 1.78 bits per heavy atom. The second kappa shape index (κ2) is 14.1. The van der Waals surface area contributed by atoms with Crippen LogP contribution >= 0.6 is 11.6 Å². The van der Waals surface area contributed by atoms with Crippen LogP contribution in [0.5, 0.6) is 0 Å². The highest BCUT2D eigenvalue weighted by Crippen LogP contribution is 2.51. The molecule has 6 rings (SSSR count). The van der Waals surface area contributed by atoms with Crippen LogP contribution in [0.4, 0.5) is 35.1 Å². The fraction of sp³-hybridized carbons (Fsp3) is 0.455. The molecule has 1 saturated carbocycles. The smallest absolute Gasteiger partial charge is 0.369 e. The van der Waals surface area contributed by atoms with Gasteiger partial charge in [-0.1, -0.05) is 55.8 Å². The van der Waals surface area contributed by atoms with E-state index < -0.39 is 79.2 Å². The van der Waals surface area contributed by atoms with Crippen LogP contribution in [0.1, 0.15) is 74.5 Å². The summed E-state index contributed by atoms with van der Waals surface area (Å²) < 4.78 is 110. The van der Waals surface area contributed by atoms with Crippen molar-refractivity contribution in [3.8, 4) is 11.3 Å². The Morgan fingerprint density at radius 3 is 2.39 bits per heavy atom. The van der Waals surface area contributed by atoms with Gasteiger partial charge in [-0.3, -0.25) is 14.5 Å². The number of hydrazine groups is 1. The third kappa shape index (κ3) is 7.71. The maximum Gasteiger partial charge on any atom is 0.397 e. The Bertz CT molecular complexity index is 1960. The molecule has 0 spiro atoms. The van der Waals surface area contributed by atoms with Gasteiger partial charge in [-0.05, 0) is 42.5 Å². The van der Waals surface area contributed by atoms with E-state index in [-0.39, 0.29) is 27.8 Å². The van der Waals surface area contributed by atoms with Gasteiger partial charge in [0.15, 0.2) is 17.7 Å². The number of guanidine groups is 1. The Labute approximate surface area is 307 Å². The summed E-state index contributed by atoms with van der Waals surface area (Å²) in [7, 11) is 0. The molecule has 0 saturated heterocycles. The molecule has 3 aliphatic rings. The molecule has 4 N–H and O–H groups in total. The van der Waals surface area contributed by atoms with Crippen LogP contribution in [0, 0.1) is 5.41 Å². The molecule has 1 aromatic heterocycles. The zero-order valence-electron chi connectivity index (χ0n) is 28.5. The highest BCUT2D eigenvalue weighted by atomic mass is 35.5. The Hall–Kier alpha value is -4.85. The molecular formula is C33H33ClF8N10O2. The highest BCUT2D eigenvalue weighted by molar-refractivity contribution is 6.31. The molecule has 0 radical (unpaired) electrons. The number of halogens is 9. The fourth-order valence-electron chi connectivity index (χ4n) is 6.34. The van der Waals surface area contributed by atoms with Crippen molar-refractivity contribution in [3.63, 3.8) is 0 Å². The molecule has 2 aromatic carbocycles. The van der Waals surface area contributed by atoms with E-state index in [4.69, 9.17) is 17.3 Å². The summed E-state index contributed by atoms with van der Waals surface area (Å²) in [5.41, 5.74) is 4.72. The molecule has 290 valence electrons. The van der Waals surface area contributed by atoms with Gasteiger partial charge in [-0.15, -0.1) is 5.01 Å². The van der Waals surface area contributed by atoms with Gasteiger partial charge in [0.1, 0.15) is 12.1 Å². The summed E-state index contributed by atoms with van der Waals surface area (Å²) in [5.74, 6) is -3.20. The van der Waals surface area contributed by atoms with Gasteiger partial charge in [0, 0.05) is 22.7 Å². The standard InChI is InChI=1S/C33H33ClF8N10O2/c1-30(2,33(40,41)42)15-31(19-6-3-17(4-7-19)23-13-46-52(49-23)20-8-9-20)27(54)50(29(43)48-31)24(14-44-25(53)12-32(37,38)39)18-5-10-22(34)21(11-18)26-45-16-47-51(26)28(35)36/h3-7,10-11,13,16,20,24,26,28H,8-9,12,14-15H2,1-2H3,(H2,43,48)(H,44,53)(H,45,47)/t24-,26?,31?/m1/s1. The first-order valence-corrected chi connectivity index (χ1v) is 16.8. The van der Waals surface area contributed by atoms with E-state index in [1.807, 2.05) is 0 Å². The van der Waals surface area contributed by atoms with E-state index in [1.165, 1.54) is 48.7 Å². The van der Waals surface area contributed by atoms with Crippen molar-refractivity contribution in [3.05, 3.63) is 70.4 Å². The summed E-state index contributed by atoms with van der Waals surface area (Å²) in [5, 5.41) is 11.2. The fourth-order valence-corrected chi connectivity index (χ4v) is 6.56. The molecule has 1 aliphatic carbocycles. The Kier molecular flexibility index (Phi) is 10.1. The molecule has 1 fully saturated rings. The molecule has 2 amide bonds. The van der Waals surface area contributed by atoms with E-state index in [1.54, 1.807) is 4.80 Å². The third-order valence-electron chi connectivity index (χ3n) is 9.37. The number of benzene rings is 2. The number of aliphatic imine (C=N–C) groups is 2. The predicted molar refractivity (Wildman–Crippen MR) is 178 cm³/mol. The van der Waals surface area contributed by atoms with Crippen molar-refractivity contribution in [2.45, 2.75) is 82.2 Å². The predicted octanol–water partition coefficient (Wildman–Crippen LogP) is 6.14. The minimum Gasteiger partial charge on any atom is -0.369 e. The first-order chi connectivity index (χ1) is 25.2. The molecule has 3 aromatic rings. The number of hydrogen-bond acceptors (Lipinski definition) is 9. The quantitative estimate of drug-likeness (QED) is 0.148. The van der Waals surface area contributed by atoms with E-state index in [0.717, 1.165) is 37.9 Å². The lowest BCUT2D eigenvalue weighted by Crippen LogP contribution is -2.50. The molecule has 2 aliphatic heterocycles. The lowest BCUT2D eigenvalue weighted by Gasteiger charge is -2.37. The van der Waals surface area contributed by atoms with Crippen LogP contribution in [0.2, 0.25) is 5.02 Å². The van der Waals surface area contributed by atoms with Crippen LogP contribution in [0.3, 0.4) is 0 Å². The zero-order valence-corrected chi connectivity index (χ0v) is 29.2. The number of aromatic nitrogens is 3. The molecule has 21 heteroatoms. The summed E-state index contributed by atoms with van der Waals surface area (Å²) in [6, 6.07) is 8.31. The first-order valence-electron chi connectivity index (χ1n) is 16.5.